The minimum Gasteiger partial charge on any atom is -0.497 e. The number of halogens is 10. The van der Waals surface area contributed by atoms with Gasteiger partial charge in [-0.05, 0) is 60.0 Å². The number of methoxy groups -OCH3 is 2. The molecule has 5 aromatic carbocycles. The van der Waals surface area contributed by atoms with E-state index in [4.69, 9.17) is 4.74 Å². The number of hydrogen-bond donors (Lipinski definition) is 3. The van der Waals surface area contributed by atoms with Crippen molar-refractivity contribution in [3.8, 4) is 5.75 Å². The number of alkyl halides is 9. The van der Waals surface area contributed by atoms with E-state index in [0.717, 1.165) is 53.9 Å². The Bertz CT molecular complexity index is 2810. The number of anilines is 2. The number of carbonyl (C=O) groups is 1. The Morgan fingerprint density at radius 2 is 1.23 bits per heavy atom. The van der Waals surface area contributed by atoms with Gasteiger partial charge in [-0.2, -0.15) is 49.0 Å². The van der Waals surface area contributed by atoms with E-state index in [-0.39, 0.29) is 28.5 Å². The molecule has 382 valence electrons. The molecule has 0 radical (unpaired) electrons. The zero-order valence-electron chi connectivity index (χ0n) is 37.5. The van der Waals surface area contributed by atoms with Gasteiger partial charge in [0.25, 0.3) is 0 Å². The van der Waals surface area contributed by atoms with Crippen LogP contribution in [-0.2, 0) is 35.8 Å². The van der Waals surface area contributed by atoms with E-state index in [0.29, 0.717) is 37.3 Å². The van der Waals surface area contributed by atoms with Crippen LogP contribution in [0, 0.1) is 12.7 Å². The van der Waals surface area contributed by atoms with Crippen LogP contribution >= 0.6 is 0 Å². The minimum atomic E-state index is -6.06. The van der Waals surface area contributed by atoms with Gasteiger partial charge in [0.1, 0.15) is 17.3 Å². The predicted molar refractivity (Wildman–Crippen MR) is 246 cm³/mol. The maximum Gasteiger partial charge on any atom is 0.511 e. The van der Waals surface area contributed by atoms with Crippen molar-refractivity contribution in [1.82, 2.24) is 14.3 Å². The number of sulfonamides is 2. The van der Waals surface area contributed by atoms with Crippen molar-refractivity contribution < 1.29 is 75.0 Å². The van der Waals surface area contributed by atoms with Crippen LogP contribution in [0.2, 0.25) is 0 Å². The van der Waals surface area contributed by atoms with E-state index in [1.807, 2.05) is 29.2 Å². The van der Waals surface area contributed by atoms with Crippen molar-refractivity contribution in [2.45, 2.75) is 36.2 Å². The number of hydrogen-bond acceptors (Lipinski definition) is 9. The Morgan fingerprint density at radius 3 is 1.72 bits per heavy atom. The molecule has 2 atom stereocenters. The van der Waals surface area contributed by atoms with Gasteiger partial charge in [0, 0.05) is 55.3 Å². The molecule has 1 heterocycles. The molecule has 0 aliphatic carbocycles. The second kappa shape index (κ2) is 23.0. The largest absolute Gasteiger partial charge is 0.511 e. The molecular weight excluding hydrogens is 1000 g/mol. The first-order valence-corrected chi connectivity index (χ1v) is 23.7. The Labute approximate surface area is 401 Å². The molecule has 25 heteroatoms. The number of esters is 1. The molecule has 0 saturated carbocycles. The molecule has 3 N–H and O–H groups in total. The number of piperazine rings is 1. The highest BCUT2D eigenvalue weighted by molar-refractivity contribution is 7.90. The summed E-state index contributed by atoms with van der Waals surface area (Å²) in [5.41, 5.74) is -10.9. The fourth-order valence-electron chi connectivity index (χ4n) is 6.78. The number of aryl methyl sites for hydroxylation is 1. The van der Waals surface area contributed by atoms with Crippen molar-refractivity contribution in [3.63, 3.8) is 0 Å². The molecule has 1 aliphatic rings. The lowest BCUT2D eigenvalue weighted by atomic mass is 9.95. The molecule has 71 heavy (non-hydrogen) atoms. The van der Waals surface area contributed by atoms with Crippen LogP contribution in [0.5, 0.6) is 5.75 Å². The third-order valence-electron chi connectivity index (χ3n) is 10.5. The Hall–Kier alpha value is -6.70. The monoisotopic (exact) mass is 1050 g/mol. The lowest BCUT2D eigenvalue weighted by molar-refractivity contribution is -0.137. The number of nitrogens with one attached hydrogen (secondary N) is 3. The number of carbonyl (C=O) groups excluding carboxylic acids is 1. The first-order valence-electron chi connectivity index (χ1n) is 20.7. The van der Waals surface area contributed by atoms with E-state index in [9.17, 15) is 61.1 Å². The fourth-order valence-corrected chi connectivity index (χ4v) is 8.26. The average Bonchev–Trinajstić information content (AvgIpc) is 3.32. The van der Waals surface area contributed by atoms with Crippen LogP contribution in [0.25, 0.3) is 6.08 Å². The molecule has 1 fully saturated rings. The summed E-state index contributed by atoms with van der Waals surface area (Å²) in [6.07, 6.45) is -2.02. The zero-order chi connectivity index (χ0) is 52.4. The second-order valence-electron chi connectivity index (χ2n) is 15.2. The lowest BCUT2D eigenvalue weighted by Gasteiger charge is -2.38. The van der Waals surface area contributed by atoms with Gasteiger partial charge in [-0.3, -0.25) is 0 Å². The number of nitrogens with zero attached hydrogens (tertiary/aromatic N) is 3. The summed E-state index contributed by atoms with van der Waals surface area (Å²) in [6.45, 7) is 3.71. The molecule has 0 unspecified atom stereocenters. The molecular formula is C46H44F10N6O7S2. The van der Waals surface area contributed by atoms with E-state index in [2.05, 4.69) is 19.9 Å². The molecule has 1 aliphatic heterocycles. The predicted octanol–water partition coefficient (Wildman–Crippen LogP) is 9.62. The standard InChI is InChI=1S/C30H30F4N4O3.C16H14F6N2O4S2/c1-20-10-12-22(30(32,33)34)18-26(20)35-29(36-28-21(6-4-9-25(28)31)11-13-27(39)41-3)38-16-14-37(15-17-38)23-7-5-8-24(19-23)40-2;17-15(18,19)29(25,26)23-13(11-7-3-1-4-8-11)14(12-9-5-2-6-10-12)24-30(27,28)16(20,21)22/h4-13,18-19H,14-17H2,1-3H3,(H,35,36);1-10,13-14,23-24H/b13-11+;/t;13-,14-/m.1/s1. The smallest absolute Gasteiger partial charge is 0.497 e. The molecule has 5 aromatic rings. The van der Waals surface area contributed by atoms with Gasteiger partial charge in [-0.1, -0.05) is 84.9 Å². The van der Waals surface area contributed by atoms with Gasteiger partial charge in [-0.15, -0.1) is 0 Å². The number of benzene rings is 5. The summed E-state index contributed by atoms with van der Waals surface area (Å²) >= 11 is 0. The van der Waals surface area contributed by atoms with Crippen molar-refractivity contribution in [3.05, 3.63) is 161 Å². The Morgan fingerprint density at radius 1 is 0.690 bits per heavy atom. The molecule has 0 aromatic heterocycles. The highest BCUT2D eigenvalue weighted by atomic mass is 32.2. The quantitative estimate of drug-likeness (QED) is 0.0341. The maximum atomic E-state index is 15.1. The SMILES string of the molecule is COC(=O)/C=C/c1cccc(F)c1N=C(Nc1cc(C(F)(F)F)ccc1C)N1CCN(c2cccc(OC)c2)CC1.O=S(=O)(N[C@H](c1ccccc1)[C@H](NS(=O)(=O)C(F)(F)F)c1ccccc1)C(F)(F)F. The molecule has 1 saturated heterocycles. The number of aliphatic imine (C=N–C) groups is 1. The van der Waals surface area contributed by atoms with Crippen LogP contribution in [0.15, 0.2) is 132 Å². The van der Waals surface area contributed by atoms with Crippen molar-refractivity contribution in [2.75, 3.05) is 50.6 Å². The van der Waals surface area contributed by atoms with Gasteiger partial charge in [0.05, 0.1) is 31.9 Å². The molecule has 13 nitrogen and oxygen atoms in total. The minimum absolute atomic E-state index is 0.0741. The lowest BCUT2D eigenvalue weighted by Crippen LogP contribution is -2.50. The average molecular weight is 1050 g/mol. The number of rotatable bonds is 13. The number of ether oxygens (including phenoxy) is 2. The van der Waals surface area contributed by atoms with Gasteiger partial charge < -0.3 is 24.6 Å². The molecule has 0 spiro atoms. The van der Waals surface area contributed by atoms with Gasteiger partial charge in [0.15, 0.2) is 0 Å². The van der Waals surface area contributed by atoms with Gasteiger partial charge >= 0.3 is 43.2 Å². The number of para-hydroxylation sites is 1. The second-order valence-corrected chi connectivity index (χ2v) is 18.6. The van der Waals surface area contributed by atoms with E-state index in [1.54, 1.807) is 20.1 Å². The Kier molecular flexibility index (Phi) is 17.9. The summed E-state index contributed by atoms with van der Waals surface area (Å²) in [5.74, 6) is -0.389. The number of guanidine groups is 1. The van der Waals surface area contributed by atoms with Gasteiger partial charge in [0.2, 0.25) is 5.96 Å². The van der Waals surface area contributed by atoms with Crippen LogP contribution in [-0.4, -0.2) is 85.1 Å². The van der Waals surface area contributed by atoms with Crippen LogP contribution in [0.1, 0.15) is 39.9 Å². The Balaban J connectivity index is 0.000000278. The fraction of sp³-hybridized carbons (Fsp3) is 0.261. The molecule has 0 amide bonds. The first kappa shape index (κ1) is 55.2. The van der Waals surface area contributed by atoms with E-state index < -0.39 is 66.7 Å². The third kappa shape index (κ3) is 14.7. The molecule has 6 rings (SSSR count). The van der Waals surface area contributed by atoms with E-state index in [1.165, 1.54) is 77.2 Å². The summed E-state index contributed by atoms with van der Waals surface area (Å²) in [6, 6.07) is 23.8. The normalized spacial score (nSPS) is 14.9. The van der Waals surface area contributed by atoms with Crippen molar-refractivity contribution >= 4 is 55.1 Å². The molecule has 0 bridgehead atoms. The highest BCUT2D eigenvalue weighted by Gasteiger charge is 2.51. The van der Waals surface area contributed by atoms with Gasteiger partial charge in [-0.25, -0.2) is 31.0 Å². The summed E-state index contributed by atoms with van der Waals surface area (Å²) < 4.78 is 193. The zero-order valence-corrected chi connectivity index (χ0v) is 39.1. The van der Waals surface area contributed by atoms with Crippen molar-refractivity contribution in [2.24, 2.45) is 4.99 Å². The first-order chi connectivity index (χ1) is 33.2. The van der Waals surface area contributed by atoms with Crippen LogP contribution in [0.3, 0.4) is 0 Å². The van der Waals surface area contributed by atoms with Crippen molar-refractivity contribution in [1.29, 1.82) is 0 Å². The topological polar surface area (TPSA) is 159 Å². The van der Waals surface area contributed by atoms with E-state index >= 15 is 4.39 Å². The summed E-state index contributed by atoms with van der Waals surface area (Å²) in [4.78, 5) is 20.2. The third-order valence-corrected chi connectivity index (χ3v) is 12.8. The maximum absolute atomic E-state index is 15.1. The summed E-state index contributed by atoms with van der Waals surface area (Å²) in [7, 11) is -9.29. The van der Waals surface area contributed by atoms with Crippen LogP contribution in [0.4, 0.5) is 61.0 Å². The van der Waals surface area contributed by atoms with Crippen LogP contribution < -0.4 is 24.4 Å². The highest BCUT2D eigenvalue weighted by Crippen LogP contribution is 2.36. The summed E-state index contributed by atoms with van der Waals surface area (Å²) in [5, 5.41) is 3.04.